The Kier molecular flexibility index (Phi) is 4.36. The van der Waals surface area contributed by atoms with Gasteiger partial charge < -0.3 is 4.90 Å². The molecule has 5 heteroatoms. The minimum absolute atomic E-state index is 0.0396. The Balaban J connectivity index is 1.73. The number of carbonyl (C=O) groups is 1. The third kappa shape index (κ3) is 3.66. The van der Waals surface area contributed by atoms with E-state index in [1.165, 1.54) is 25.9 Å². The van der Waals surface area contributed by atoms with Crippen LogP contribution in [0.3, 0.4) is 0 Å². The van der Waals surface area contributed by atoms with Crippen molar-refractivity contribution in [2.75, 3.05) is 46.3 Å². The maximum absolute atomic E-state index is 11.0. The third-order valence-corrected chi connectivity index (χ3v) is 3.83. The lowest BCUT2D eigenvalue weighted by molar-refractivity contribution is -0.124. The van der Waals surface area contributed by atoms with Gasteiger partial charge in [-0.05, 0) is 33.0 Å². The molecule has 1 amide bonds. The molecule has 2 aliphatic rings. The summed E-state index contributed by atoms with van der Waals surface area (Å²) in [5.41, 5.74) is 2.87. The molecule has 0 atom stereocenters. The van der Waals surface area contributed by atoms with Gasteiger partial charge in [-0.25, -0.2) is 5.01 Å². The van der Waals surface area contributed by atoms with Gasteiger partial charge in [-0.3, -0.25) is 15.1 Å². The molecule has 0 saturated carbocycles. The number of amides is 1. The lowest BCUT2D eigenvalue weighted by Gasteiger charge is -2.42. The monoisotopic (exact) mass is 240 g/mol. The highest BCUT2D eigenvalue weighted by atomic mass is 16.2. The molecule has 1 N–H and O–H groups in total. The summed E-state index contributed by atoms with van der Waals surface area (Å²) in [5.74, 6) is 0.0396. The van der Waals surface area contributed by atoms with Crippen molar-refractivity contribution < 1.29 is 4.79 Å². The summed E-state index contributed by atoms with van der Waals surface area (Å²) >= 11 is 0. The quantitative estimate of drug-likeness (QED) is 0.722. The Morgan fingerprint density at radius 1 is 1.06 bits per heavy atom. The van der Waals surface area contributed by atoms with Crippen molar-refractivity contribution >= 4 is 5.91 Å². The number of piperidine rings is 1. The summed E-state index contributed by atoms with van der Waals surface area (Å²) in [4.78, 5) is 16.0. The molecule has 0 bridgehead atoms. The smallest absolute Gasteiger partial charge is 0.231 e. The van der Waals surface area contributed by atoms with Crippen LogP contribution in [0, 0.1) is 0 Å². The maximum atomic E-state index is 11.0. The van der Waals surface area contributed by atoms with Gasteiger partial charge in [-0.1, -0.05) is 0 Å². The minimum atomic E-state index is 0.0396. The summed E-state index contributed by atoms with van der Waals surface area (Å²) in [6.07, 6.45) is 2.58. The topological polar surface area (TPSA) is 38.8 Å². The van der Waals surface area contributed by atoms with Gasteiger partial charge in [0.2, 0.25) is 5.91 Å². The largest absolute Gasteiger partial charge is 0.306 e. The zero-order valence-electron chi connectivity index (χ0n) is 11.0. The number of hydrogen-bond donors (Lipinski definition) is 1. The molecule has 2 aliphatic heterocycles. The highest BCUT2D eigenvalue weighted by molar-refractivity contribution is 5.72. The van der Waals surface area contributed by atoms with Crippen molar-refractivity contribution in [2.45, 2.75) is 25.8 Å². The van der Waals surface area contributed by atoms with Crippen LogP contribution in [0.15, 0.2) is 0 Å². The Morgan fingerprint density at radius 2 is 1.65 bits per heavy atom. The number of nitrogens with zero attached hydrogens (tertiary/aromatic N) is 3. The van der Waals surface area contributed by atoms with Gasteiger partial charge in [-0.15, -0.1) is 0 Å². The predicted molar refractivity (Wildman–Crippen MR) is 67.5 cm³/mol. The second-order valence-corrected chi connectivity index (χ2v) is 5.23. The zero-order chi connectivity index (χ0) is 12.3. The van der Waals surface area contributed by atoms with E-state index in [0.717, 1.165) is 32.2 Å². The Labute approximate surface area is 104 Å². The van der Waals surface area contributed by atoms with Crippen LogP contribution in [-0.4, -0.2) is 73.1 Å². The van der Waals surface area contributed by atoms with Gasteiger partial charge in [0.1, 0.15) is 0 Å². The summed E-state index contributed by atoms with van der Waals surface area (Å²) in [5, 5.41) is 2.04. The summed E-state index contributed by atoms with van der Waals surface area (Å²) < 4.78 is 0. The van der Waals surface area contributed by atoms with Crippen molar-refractivity contribution in [1.29, 1.82) is 0 Å². The van der Waals surface area contributed by atoms with Crippen LogP contribution in [0.1, 0.15) is 19.8 Å². The molecule has 2 heterocycles. The number of likely N-dealkylation sites (tertiary alicyclic amines) is 1. The first-order chi connectivity index (χ1) is 8.15. The standard InChI is InChI=1S/C12H24N4O/c1-11(17)13-16-9-7-15(8-10-16)12-3-5-14(2)6-4-12/h12H,3-10H2,1-2H3,(H,13,17). The van der Waals surface area contributed by atoms with E-state index in [0.29, 0.717) is 0 Å². The Hall–Kier alpha value is -0.650. The van der Waals surface area contributed by atoms with E-state index < -0.39 is 0 Å². The Bertz CT molecular complexity index is 255. The molecule has 2 fully saturated rings. The van der Waals surface area contributed by atoms with Crippen LogP contribution < -0.4 is 5.43 Å². The second kappa shape index (κ2) is 5.80. The molecule has 0 aromatic carbocycles. The average Bonchev–Trinajstić information content (AvgIpc) is 2.30. The van der Waals surface area contributed by atoms with Crippen LogP contribution in [0.2, 0.25) is 0 Å². The molecule has 2 saturated heterocycles. The number of nitrogens with one attached hydrogen (secondary N) is 1. The van der Waals surface area contributed by atoms with Crippen LogP contribution in [0.5, 0.6) is 0 Å². The fourth-order valence-electron chi connectivity index (χ4n) is 2.78. The number of hydrogen-bond acceptors (Lipinski definition) is 4. The first-order valence-corrected chi connectivity index (χ1v) is 6.60. The fourth-order valence-corrected chi connectivity index (χ4v) is 2.78. The number of rotatable bonds is 2. The average molecular weight is 240 g/mol. The van der Waals surface area contributed by atoms with Crippen molar-refractivity contribution in [3.63, 3.8) is 0 Å². The predicted octanol–water partition coefficient (Wildman–Crippen LogP) is -0.251. The number of carbonyl (C=O) groups excluding carboxylic acids is 1. The highest BCUT2D eigenvalue weighted by Gasteiger charge is 2.26. The molecule has 2 rings (SSSR count). The summed E-state index contributed by atoms with van der Waals surface area (Å²) in [6, 6.07) is 0.755. The van der Waals surface area contributed by atoms with Gasteiger partial charge in [0.15, 0.2) is 0 Å². The van der Waals surface area contributed by atoms with Crippen LogP contribution >= 0.6 is 0 Å². The fraction of sp³-hybridized carbons (Fsp3) is 0.917. The number of hydrazine groups is 1. The summed E-state index contributed by atoms with van der Waals surface area (Å²) in [7, 11) is 2.20. The first-order valence-electron chi connectivity index (χ1n) is 6.60. The minimum Gasteiger partial charge on any atom is -0.306 e. The van der Waals surface area contributed by atoms with Gasteiger partial charge in [0, 0.05) is 39.1 Å². The molecular formula is C12H24N4O. The van der Waals surface area contributed by atoms with Gasteiger partial charge in [0.05, 0.1) is 0 Å². The van der Waals surface area contributed by atoms with E-state index in [9.17, 15) is 4.79 Å². The maximum Gasteiger partial charge on any atom is 0.231 e. The summed E-state index contributed by atoms with van der Waals surface area (Å²) in [6.45, 7) is 8.07. The Morgan fingerprint density at radius 3 is 2.18 bits per heavy atom. The lowest BCUT2D eigenvalue weighted by Crippen LogP contribution is -2.56. The molecule has 0 aromatic heterocycles. The van der Waals surface area contributed by atoms with Gasteiger partial charge in [0.25, 0.3) is 0 Å². The third-order valence-electron chi connectivity index (χ3n) is 3.83. The SMILES string of the molecule is CC(=O)NN1CCN(C2CCN(C)CC2)CC1. The van der Waals surface area contributed by atoms with Crippen molar-refractivity contribution in [3.8, 4) is 0 Å². The zero-order valence-corrected chi connectivity index (χ0v) is 11.0. The van der Waals surface area contributed by atoms with Crippen LogP contribution in [0.25, 0.3) is 0 Å². The molecule has 5 nitrogen and oxygen atoms in total. The molecule has 0 spiro atoms. The second-order valence-electron chi connectivity index (χ2n) is 5.23. The van der Waals surface area contributed by atoms with Gasteiger partial charge >= 0.3 is 0 Å². The first kappa shape index (κ1) is 12.8. The van der Waals surface area contributed by atoms with Crippen molar-refractivity contribution in [2.24, 2.45) is 0 Å². The molecule has 17 heavy (non-hydrogen) atoms. The molecule has 0 aromatic rings. The molecule has 98 valence electrons. The lowest BCUT2D eigenvalue weighted by atomic mass is 10.0. The highest BCUT2D eigenvalue weighted by Crippen LogP contribution is 2.16. The van der Waals surface area contributed by atoms with E-state index in [4.69, 9.17) is 0 Å². The van der Waals surface area contributed by atoms with E-state index in [2.05, 4.69) is 22.3 Å². The van der Waals surface area contributed by atoms with Gasteiger partial charge in [-0.2, -0.15) is 0 Å². The van der Waals surface area contributed by atoms with E-state index >= 15 is 0 Å². The number of piperazine rings is 1. The van der Waals surface area contributed by atoms with E-state index in [1.54, 1.807) is 6.92 Å². The normalized spacial score (nSPS) is 26.0. The van der Waals surface area contributed by atoms with Crippen LogP contribution in [0.4, 0.5) is 0 Å². The van der Waals surface area contributed by atoms with Crippen molar-refractivity contribution in [1.82, 2.24) is 20.2 Å². The molecule has 0 aliphatic carbocycles. The van der Waals surface area contributed by atoms with E-state index in [1.807, 2.05) is 5.01 Å². The molecular weight excluding hydrogens is 216 g/mol. The van der Waals surface area contributed by atoms with Crippen molar-refractivity contribution in [3.05, 3.63) is 0 Å². The van der Waals surface area contributed by atoms with E-state index in [-0.39, 0.29) is 5.91 Å². The molecule has 0 radical (unpaired) electrons. The molecule has 0 unspecified atom stereocenters. The van der Waals surface area contributed by atoms with Crippen LogP contribution in [-0.2, 0) is 4.79 Å².